The molecule has 1 aromatic heterocycles. The summed E-state index contributed by atoms with van der Waals surface area (Å²) in [6.45, 7) is 18.9. The molecule has 0 amide bonds. The zero-order valence-electron chi connectivity index (χ0n) is 41.5. The maximum Gasteiger partial charge on any atom is 0.320 e. The number of imidazole rings is 1. The number of benzene rings is 1. The Hall–Kier alpha value is -2.71. The number of aliphatic hydroxyl groups is 2. The number of aromatic nitrogens is 2. The molecule has 19 atom stereocenters. The molecule has 6 rings (SSSR count). The van der Waals surface area contributed by atoms with E-state index in [1.807, 2.05) is 89.4 Å². The quantitative estimate of drug-likeness (QED) is 0.257. The van der Waals surface area contributed by atoms with Crippen LogP contribution >= 0.6 is 11.8 Å². The number of para-hydroxylation sites is 2. The van der Waals surface area contributed by atoms with Crippen molar-refractivity contribution in [2.24, 2.45) is 29.6 Å². The van der Waals surface area contributed by atoms with Crippen LogP contribution in [0.3, 0.4) is 0 Å². The number of aryl methyl sites for hydroxylation is 1. The fourth-order valence-electron chi connectivity index (χ4n) is 11.4. The number of ether oxygens (including phenoxy) is 8. The van der Waals surface area contributed by atoms with Gasteiger partial charge in [-0.15, -0.1) is 11.8 Å². The van der Waals surface area contributed by atoms with E-state index in [1.54, 1.807) is 41.1 Å². The van der Waals surface area contributed by atoms with Gasteiger partial charge in [-0.2, -0.15) is 0 Å². The van der Waals surface area contributed by atoms with Gasteiger partial charge in [0.05, 0.1) is 58.9 Å². The van der Waals surface area contributed by atoms with E-state index in [0.29, 0.717) is 18.7 Å². The van der Waals surface area contributed by atoms with E-state index in [4.69, 9.17) is 37.9 Å². The highest BCUT2D eigenvalue weighted by Crippen LogP contribution is 2.49. The molecule has 2 aromatic rings. The van der Waals surface area contributed by atoms with Crippen molar-refractivity contribution in [1.82, 2.24) is 14.5 Å². The Bertz CT molecular complexity index is 1990. The Morgan fingerprint density at radius 3 is 2.24 bits per heavy atom. The molecule has 4 saturated heterocycles. The molecule has 2 N–H and O–H groups in total. The summed E-state index contributed by atoms with van der Waals surface area (Å²) in [6.07, 6.45) is -5.00. The molecule has 0 radical (unpaired) electrons. The van der Waals surface area contributed by atoms with Crippen molar-refractivity contribution in [2.75, 3.05) is 34.1 Å². The fourth-order valence-corrected chi connectivity index (χ4v) is 12.8. The highest BCUT2D eigenvalue weighted by atomic mass is 32.2. The average Bonchev–Trinajstić information content (AvgIpc) is 3.81. The van der Waals surface area contributed by atoms with Gasteiger partial charge >= 0.3 is 11.9 Å². The number of cyclic esters (lactones) is 1. The molecule has 4 fully saturated rings. The SMILES string of the molecule is CC[C@H]1OC(=O)[C@H](C)[C@@H](O[C@H]2C[C@@](C)(OC)[C@@H](O)[C@@H](C)O2)[C@H](C)[C@@H](O[C@@H]2O[C@H](C)C[C@H](N(C)C)[C@H]2O)[C@](C)(OC)C[C@@H](C)C(=O)[C@@H](C)C2C(SCCn3cnc4ccccc43)C(=O)O[C@@]21C. The molecule has 0 aliphatic carbocycles. The molecule has 5 heterocycles. The van der Waals surface area contributed by atoms with E-state index < -0.39 is 113 Å². The van der Waals surface area contributed by atoms with Gasteiger partial charge in [0.1, 0.15) is 29.3 Å². The standard InChI is InChI=1S/C49H77N3O13S/c1-15-35-49(10)37(41(45(57)65-49)66-21-20-52-25-50-32-18-16-17-19-33(32)52)28(4)38(53)26(2)23-48(9,59-14)43(64-46-39(54)34(51(11)12)22-27(3)60-46)29(5)40(30(6)44(56)62-35)63-36-24-47(8,58-13)42(55)31(7)61-36/h16-19,25-31,34-37,39-43,46,54-55H,15,20-24H2,1-14H3/t26-,27-,28+,29+,30-,31-,34+,35-,36+,37?,39-,40+,41?,42+,43-,46+,47-,48-,49-/m1/s1. The summed E-state index contributed by atoms with van der Waals surface area (Å²) >= 11 is 1.43. The summed E-state index contributed by atoms with van der Waals surface area (Å²) in [5.41, 5.74) is -1.81. The van der Waals surface area contributed by atoms with E-state index in [0.717, 1.165) is 11.0 Å². The lowest BCUT2D eigenvalue weighted by Gasteiger charge is -2.50. The zero-order chi connectivity index (χ0) is 48.6. The number of ketones is 1. The van der Waals surface area contributed by atoms with Crippen molar-refractivity contribution >= 4 is 40.5 Å². The van der Waals surface area contributed by atoms with E-state index in [2.05, 4.69) is 4.98 Å². The molecule has 0 bridgehead atoms. The van der Waals surface area contributed by atoms with Crippen LogP contribution in [0.2, 0.25) is 0 Å². The van der Waals surface area contributed by atoms with Crippen molar-refractivity contribution in [3.8, 4) is 0 Å². The maximum absolute atomic E-state index is 15.1. The van der Waals surface area contributed by atoms with Crippen LogP contribution in [0.4, 0.5) is 0 Å². The van der Waals surface area contributed by atoms with Gasteiger partial charge in [0.25, 0.3) is 0 Å². The van der Waals surface area contributed by atoms with Gasteiger partial charge in [0.15, 0.2) is 18.2 Å². The van der Waals surface area contributed by atoms with Gasteiger partial charge < -0.3 is 57.6 Å². The number of Topliss-reactive ketones (excluding diaryl/α,β-unsaturated/α-hetero) is 1. The van der Waals surface area contributed by atoms with Crippen molar-refractivity contribution in [3.63, 3.8) is 0 Å². The van der Waals surface area contributed by atoms with Crippen LogP contribution in [-0.4, -0.2) is 160 Å². The third-order valence-corrected chi connectivity index (χ3v) is 16.7. The lowest BCUT2D eigenvalue weighted by atomic mass is 9.70. The average molecular weight is 948 g/mol. The number of fused-ring (bicyclic) bond motifs is 2. The number of methoxy groups -OCH3 is 2. The topological polar surface area (TPSA) is 187 Å². The number of thioether (sulfide) groups is 1. The second-order valence-corrected chi connectivity index (χ2v) is 21.6. The Morgan fingerprint density at radius 1 is 0.909 bits per heavy atom. The van der Waals surface area contributed by atoms with E-state index in [-0.39, 0.29) is 37.2 Å². The molecular weight excluding hydrogens is 871 g/mol. The monoisotopic (exact) mass is 948 g/mol. The predicted octanol–water partition coefficient (Wildman–Crippen LogP) is 5.41. The molecule has 4 aliphatic rings. The first-order valence-electron chi connectivity index (χ1n) is 23.8. The largest absolute Gasteiger partial charge is 0.458 e. The second kappa shape index (κ2) is 21.1. The third kappa shape index (κ3) is 10.4. The Balaban J connectivity index is 1.42. The molecule has 4 aliphatic heterocycles. The number of likely N-dealkylation sites (N-methyl/N-ethyl adjacent to an activating group) is 1. The van der Waals surface area contributed by atoms with Gasteiger partial charge in [0.2, 0.25) is 0 Å². The number of nitrogens with zero attached hydrogens (tertiary/aromatic N) is 3. The molecule has 16 nitrogen and oxygen atoms in total. The lowest BCUT2D eigenvalue weighted by Crippen LogP contribution is -2.61. The number of carbonyl (C=O) groups excluding carboxylic acids is 3. The molecule has 0 spiro atoms. The molecule has 17 heteroatoms. The van der Waals surface area contributed by atoms with Gasteiger partial charge in [-0.3, -0.25) is 14.4 Å². The van der Waals surface area contributed by atoms with Crippen LogP contribution in [-0.2, 0) is 58.8 Å². The summed E-state index contributed by atoms with van der Waals surface area (Å²) in [7, 11) is 6.88. The van der Waals surface area contributed by atoms with Crippen molar-refractivity contribution in [2.45, 2.75) is 185 Å². The fraction of sp³-hybridized carbons (Fsp3) is 0.796. The summed E-state index contributed by atoms with van der Waals surface area (Å²) < 4.78 is 53.8. The highest BCUT2D eigenvalue weighted by Gasteiger charge is 2.62. The van der Waals surface area contributed by atoms with Crippen LogP contribution in [0.25, 0.3) is 11.0 Å². The number of aliphatic hydroxyl groups excluding tert-OH is 2. The Morgan fingerprint density at radius 2 is 1.59 bits per heavy atom. The highest BCUT2D eigenvalue weighted by molar-refractivity contribution is 8.00. The minimum Gasteiger partial charge on any atom is -0.458 e. The van der Waals surface area contributed by atoms with Crippen LogP contribution in [0.5, 0.6) is 0 Å². The summed E-state index contributed by atoms with van der Waals surface area (Å²) in [5, 5.41) is 22.2. The Labute approximate surface area is 395 Å². The maximum atomic E-state index is 15.1. The van der Waals surface area contributed by atoms with Crippen LogP contribution in [0.15, 0.2) is 30.6 Å². The summed E-state index contributed by atoms with van der Waals surface area (Å²) in [5.74, 6) is -4.40. The lowest BCUT2D eigenvalue weighted by molar-refractivity contribution is -0.319. The molecule has 372 valence electrons. The van der Waals surface area contributed by atoms with Crippen molar-refractivity contribution in [3.05, 3.63) is 30.6 Å². The minimum absolute atomic E-state index is 0.109. The smallest absolute Gasteiger partial charge is 0.320 e. The van der Waals surface area contributed by atoms with Crippen LogP contribution in [0.1, 0.15) is 94.9 Å². The van der Waals surface area contributed by atoms with Gasteiger partial charge in [-0.1, -0.05) is 39.8 Å². The first-order valence-corrected chi connectivity index (χ1v) is 24.8. The molecular formula is C49H77N3O13S. The third-order valence-electron chi connectivity index (χ3n) is 15.4. The molecule has 2 unspecified atom stereocenters. The number of hydrogen-bond donors (Lipinski definition) is 2. The van der Waals surface area contributed by atoms with E-state index in [9.17, 15) is 19.8 Å². The number of esters is 2. The van der Waals surface area contributed by atoms with E-state index >= 15 is 4.79 Å². The number of hydrogen-bond acceptors (Lipinski definition) is 16. The van der Waals surface area contributed by atoms with Gasteiger partial charge in [-0.05, 0) is 87.0 Å². The van der Waals surface area contributed by atoms with Crippen molar-refractivity contribution in [1.29, 1.82) is 0 Å². The second-order valence-electron chi connectivity index (χ2n) is 20.3. The van der Waals surface area contributed by atoms with Crippen molar-refractivity contribution < 1.29 is 62.5 Å². The zero-order valence-corrected chi connectivity index (χ0v) is 42.3. The van der Waals surface area contributed by atoms with Crippen LogP contribution in [0, 0.1) is 29.6 Å². The number of rotatable bonds is 12. The minimum atomic E-state index is -1.37. The van der Waals surface area contributed by atoms with Gasteiger partial charge in [0, 0.05) is 62.7 Å². The molecule has 0 saturated carbocycles. The normalized spacial score (nSPS) is 43.1. The first-order chi connectivity index (χ1) is 31.0. The first kappa shape index (κ1) is 52.7. The number of carbonyl (C=O) groups is 3. The van der Waals surface area contributed by atoms with Gasteiger partial charge in [-0.25, -0.2) is 4.98 Å². The predicted molar refractivity (Wildman–Crippen MR) is 248 cm³/mol. The molecule has 1 aromatic carbocycles. The summed E-state index contributed by atoms with van der Waals surface area (Å²) in [4.78, 5) is 50.7. The molecule has 66 heavy (non-hydrogen) atoms. The van der Waals surface area contributed by atoms with E-state index in [1.165, 1.54) is 18.9 Å². The van der Waals surface area contributed by atoms with Crippen LogP contribution < -0.4 is 0 Å². The Kier molecular flexibility index (Phi) is 16.8. The summed E-state index contributed by atoms with van der Waals surface area (Å²) in [6, 6.07) is 7.57.